The van der Waals surface area contributed by atoms with E-state index in [1.807, 2.05) is 42.5 Å². The molecule has 0 bridgehead atoms. The Labute approximate surface area is 117 Å². The van der Waals surface area contributed by atoms with Crippen LogP contribution in [0.4, 0.5) is 11.4 Å². The van der Waals surface area contributed by atoms with Crippen LogP contribution in [-0.2, 0) is 0 Å². The van der Waals surface area contributed by atoms with Gasteiger partial charge in [-0.05, 0) is 59.3 Å². The minimum atomic E-state index is 0.286. The van der Waals surface area contributed by atoms with E-state index < -0.39 is 0 Å². The summed E-state index contributed by atoms with van der Waals surface area (Å²) in [4.78, 5) is 0. The quantitative estimate of drug-likeness (QED) is 0.742. The molecule has 0 atom stereocenters. The molecule has 0 amide bonds. The Morgan fingerprint density at radius 2 is 1.45 bits per heavy atom. The van der Waals surface area contributed by atoms with Gasteiger partial charge in [-0.1, -0.05) is 12.1 Å². The molecule has 3 nitrogen and oxygen atoms in total. The van der Waals surface area contributed by atoms with Crippen LogP contribution < -0.4 is 10.1 Å². The molecule has 0 fully saturated rings. The van der Waals surface area contributed by atoms with Crippen LogP contribution in [0.1, 0.15) is 0 Å². The first-order valence-corrected chi connectivity index (χ1v) is 6.38. The second kappa shape index (κ2) is 5.13. The van der Waals surface area contributed by atoms with E-state index in [9.17, 15) is 5.11 Å². The van der Waals surface area contributed by atoms with Crippen molar-refractivity contribution in [3.63, 3.8) is 0 Å². The maximum atomic E-state index is 9.46. The molecule has 0 radical (unpaired) electrons. The van der Waals surface area contributed by atoms with Crippen molar-refractivity contribution in [3.05, 3.63) is 60.7 Å². The third kappa shape index (κ3) is 2.52. The van der Waals surface area contributed by atoms with Crippen LogP contribution >= 0.6 is 0 Å². The fourth-order valence-electron chi connectivity index (χ4n) is 2.15. The number of hydrogen-bond acceptors (Lipinski definition) is 3. The molecule has 3 heteroatoms. The molecule has 0 aliphatic heterocycles. The van der Waals surface area contributed by atoms with Gasteiger partial charge in [0.15, 0.2) is 0 Å². The van der Waals surface area contributed by atoms with Gasteiger partial charge in [0.2, 0.25) is 0 Å². The predicted octanol–water partition coefficient (Wildman–Crippen LogP) is 4.30. The molecule has 2 N–H and O–H groups in total. The lowest BCUT2D eigenvalue weighted by molar-refractivity contribution is 0.415. The number of nitrogens with one attached hydrogen (secondary N) is 1. The van der Waals surface area contributed by atoms with Crippen molar-refractivity contribution in [2.75, 3.05) is 12.4 Å². The first kappa shape index (κ1) is 12.4. The Morgan fingerprint density at radius 3 is 2.20 bits per heavy atom. The number of phenolic OH excluding ortho intramolecular Hbond substituents is 1. The van der Waals surface area contributed by atoms with Crippen molar-refractivity contribution in [2.45, 2.75) is 0 Å². The average molecular weight is 265 g/mol. The lowest BCUT2D eigenvalue weighted by Crippen LogP contribution is -1.90. The number of aromatic hydroxyl groups is 1. The summed E-state index contributed by atoms with van der Waals surface area (Å²) in [5, 5.41) is 14.9. The zero-order valence-electron chi connectivity index (χ0n) is 11.1. The highest BCUT2D eigenvalue weighted by Gasteiger charge is 1.99. The van der Waals surface area contributed by atoms with Gasteiger partial charge in [-0.15, -0.1) is 0 Å². The van der Waals surface area contributed by atoms with Crippen LogP contribution in [0.2, 0.25) is 0 Å². The molecule has 100 valence electrons. The predicted molar refractivity (Wildman–Crippen MR) is 81.9 cm³/mol. The summed E-state index contributed by atoms with van der Waals surface area (Å²) in [5.41, 5.74) is 2.01. The van der Waals surface area contributed by atoms with E-state index in [1.54, 1.807) is 19.2 Å². The molecular formula is C17H15NO2. The van der Waals surface area contributed by atoms with E-state index in [4.69, 9.17) is 4.74 Å². The van der Waals surface area contributed by atoms with Gasteiger partial charge in [0.1, 0.15) is 11.5 Å². The lowest BCUT2D eigenvalue weighted by atomic mass is 10.1. The Morgan fingerprint density at radius 1 is 0.800 bits per heavy atom. The minimum Gasteiger partial charge on any atom is -0.508 e. The van der Waals surface area contributed by atoms with Gasteiger partial charge >= 0.3 is 0 Å². The molecule has 3 rings (SSSR count). The normalized spacial score (nSPS) is 10.4. The number of hydrogen-bond donors (Lipinski definition) is 2. The van der Waals surface area contributed by atoms with Crippen LogP contribution in [0.3, 0.4) is 0 Å². The molecule has 0 saturated heterocycles. The van der Waals surface area contributed by atoms with E-state index in [2.05, 4.69) is 11.4 Å². The van der Waals surface area contributed by atoms with Gasteiger partial charge in [-0.2, -0.15) is 0 Å². The smallest absolute Gasteiger partial charge is 0.119 e. The number of anilines is 2. The van der Waals surface area contributed by atoms with E-state index in [1.165, 1.54) is 0 Å². The highest BCUT2D eigenvalue weighted by molar-refractivity contribution is 5.87. The van der Waals surface area contributed by atoms with Crippen molar-refractivity contribution in [2.24, 2.45) is 0 Å². The molecule has 0 unspecified atom stereocenters. The maximum absolute atomic E-state index is 9.46. The Bertz CT molecular complexity index is 736. The Kier molecular flexibility index (Phi) is 3.17. The van der Waals surface area contributed by atoms with E-state index in [0.717, 1.165) is 27.9 Å². The molecule has 20 heavy (non-hydrogen) atoms. The van der Waals surface area contributed by atoms with E-state index in [0.29, 0.717) is 0 Å². The molecular weight excluding hydrogens is 250 g/mol. The van der Waals surface area contributed by atoms with Gasteiger partial charge in [0.05, 0.1) is 7.11 Å². The van der Waals surface area contributed by atoms with Crippen LogP contribution in [0.15, 0.2) is 60.7 Å². The maximum Gasteiger partial charge on any atom is 0.119 e. The van der Waals surface area contributed by atoms with E-state index in [-0.39, 0.29) is 5.75 Å². The molecule has 3 aromatic rings. The van der Waals surface area contributed by atoms with Crippen LogP contribution in [-0.4, -0.2) is 12.2 Å². The van der Waals surface area contributed by atoms with E-state index >= 15 is 0 Å². The molecule has 0 heterocycles. The summed E-state index contributed by atoms with van der Waals surface area (Å²) in [7, 11) is 1.65. The summed E-state index contributed by atoms with van der Waals surface area (Å²) in [6.07, 6.45) is 0. The standard InChI is InChI=1S/C17H15NO2/c1-20-17-8-5-14(6-9-17)18-15-4-2-13-11-16(19)7-3-12(13)10-15/h2-11,18-19H,1H3. The Balaban J connectivity index is 1.88. The zero-order chi connectivity index (χ0) is 13.9. The summed E-state index contributed by atoms with van der Waals surface area (Å²) in [6, 6.07) is 19.2. The van der Waals surface area contributed by atoms with Crippen LogP contribution in [0, 0.1) is 0 Å². The fourth-order valence-corrected chi connectivity index (χ4v) is 2.15. The lowest BCUT2D eigenvalue weighted by Gasteiger charge is -2.08. The number of methoxy groups -OCH3 is 1. The van der Waals surface area contributed by atoms with Crippen molar-refractivity contribution in [3.8, 4) is 11.5 Å². The average Bonchev–Trinajstić information content (AvgIpc) is 2.48. The topological polar surface area (TPSA) is 41.5 Å². The second-order valence-electron chi connectivity index (χ2n) is 4.60. The highest BCUT2D eigenvalue weighted by Crippen LogP contribution is 2.25. The van der Waals surface area contributed by atoms with Gasteiger partial charge in [-0.25, -0.2) is 0 Å². The summed E-state index contributed by atoms with van der Waals surface area (Å²) in [6.45, 7) is 0. The molecule has 0 aliphatic carbocycles. The molecule has 0 aromatic heterocycles. The SMILES string of the molecule is COc1ccc(Nc2ccc3cc(O)ccc3c2)cc1. The molecule has 0 saturated carbocycles. The van der Waals surface area contributed by atoms with Crippen molar-refractivity contribution in [1.82, 2.24) is 0 Å². The van der Waals surface area contributed by atoms with Gasteiger partial charge < -0.3 is 15.2 Å². The number of fused-ring (bicyclic) bond motifs is 1. The summed E-state index contributed by atoms with van der Waals surface area (Å²) in [5.74, 6) is 1.12. The largest absolute Gasteiger partial charge is 0.508 e. The number of phenols is 1. The first-order valence-electron chi connectivity index (χ1n) is 6.38. The van der Waals surface area contributed by atoms with Crippen LogP contribution in [0.25, 0.3) is 10.8 Å². The molecule has 0 aliphatic rings. The summed E-state index contributed by atoms with van der Waals surface area (Å²) >= 11 is 0. The van der Waals surface area contributed by atoms with Crippen LogP contribution in [0.5, 0.6) is 11.5 Å². The number of rotatable bonds is 3. The fraction of sp³-hybridized carbons (Fsp3) is 0.0588. The van der Waals surface area contributed by atoms with Gasteiger partial charge in [-0.3, -0.25) is 0 Å². The first-order chi connectivity index (χ1) is 9.74. The Hall–Kier alpha value is -2.68. The zero-order valence-corrected chi connectivity index (χ0v) is 11.1. The third-order valence-electron chi connectivity index (χ3n) is 3.20. The van der Waals surface area contributed by atoms with Crippen molar-refractivity contribution >= 4 is 22.1 Å². The van der Waals surface area contributed by atoms with Crippen molar-refractivity contribution < 1.29 is 9.84 Å². The van der Waals surface area contributed by atoms with Gasteiger partial charge in [0, 0.05) is 11.4 Å². The number of benzene rings is 3. The monoisotopic (exact) mass is 265 g/mol. The molecule has 3 aromatic carbocycles. The molecule has 0 spiro atoms. The highest BCUT2D eigenvalue weighted by atomic mass is 16.5. The van der Waals surface area contributed by atoms with Gasteiger partial charge in [0.25, 0.3) is 0 Å². The number of ether oxygens (including phenoxy) is 1. The second-order valence-corrected chi connectivity index (χ2v) is 4.60. The van der Waals surface area contributed by atoms with Crippen molar-refractivity contribution in [1.29, 1.82) is 0 Å². The third-order valence-corrected chi connectivity index (χ3v) is 3.20. The summed E-state index contributed by atoms with van der Waals surface area (Å²) < 4.78 is 5.14. The minimum absolute atomic E-state index is 0.286.